The highest BCUT2D eigenvalue weighted by Crippen LogP contribution is 2.25. The van der Waals surface area contributed by atoms with E-state index in [-0.39, 0.29) is 22.4 Å². The van der Waals surface area contributed by atoms with E-state index in [1.165, 1.54) is 6.07 Å². The third-order valence-electron chi connectivity index (χ3n) is 4.38. The van der Waals surface area contributed by atoms with Crippen molar-refractivity contribution in [2.24, 2.45) is 0 Å². The number of nitriles is 1. The maximum absolute atomic E-state index is 12.8. The Morgan fingerprint density at radius 3 is 2.58 bits per heavy atom. The first kappa shape index (κ1) is 16.7. The maximum Gasteiger partial charge on any atom is 0.242 e. The lowest BCUT2D eigenvalue weighted by Crippen LogP contribution is -2.39. The van der Waals surface area contributed by atoms with E-state index in [9.17, 15) is 13.7 Å². The minimum absolute atomic E-state index is 0.0451. The van der Waals surface area contributed by atoms with Crippen LogP contribution in [-0.2, 0) is 10.0 Å². The van der Waals surface area contributed by atoms with Crippen LogP contribution in [0.2, 0.25) is 0 Å². The van der Waals surface area contributed by atoms with Crippen molar-refractivity contribution in [2.75, 3.05) is 13.1 Å². The third kappa shape index (κ3) is 3.20. The molecular weight excluding hydrogens is 322 g/mol. The molecule has 2 atom stereocenters. The highest BCUT2D eigenvalue weighted by Gasteiger charge is 2.33. The van der Waals surface area contributed by atoms with Crippen molar-refractivity contribution in [2.45, 2.75) is 23.8 Å². The molecular formula is C18H19N3O2S. The minimum Gasteiger partial charge on any atom is -0.314 e. The van der Waals surface area contributed by atoms with E-state index in [0.717, 1.165) is 12.1 Å². The van der Waals surface area contributed by atoms with Crippen molar-refractivity contribution in [3.63, 3.8) is 0 Å². The van der Waals surface area contributed by atoms with Gasteiger partial charge in [-0.15, -0.1) is 0 Å². The van der Waals surface area contributed by atoms with Crippen molar-refractivity contribution >= 4 is 10.0 Å². The molecule has 24 heavy (non-hydrogen) atoms. The molecule has 0 unspecified atom stereocenters. The number of rotatable bonds is 4. The molecule has 1 aliphatic heterocycles. The molecule has 2 aromatic carbocycles. The maximum atomic E-state index is 12.8. The lowest BCUT2D eigenvalue weighted by molar-refractivity contribution is 0.541. The summed E-state index contributed by atoms with van der Waals surface area (Å²) in [6.07, 6.45) is 0. The van der Waals surface area contributed by atoms with Crippen molar-refractivity contribution < 1.29 is 8.42 Å². The van der Waals surface area contributed by atoms with Crippen LogP contribution in [0.25, 0.3) is 0 Å². The van der Waals surface area contributed by atoms with Gasteiger partial charge in [0.05, 0.1) is 5.56 Å². The fraction of sp³-hybridized carbons (Fsp3) is 0.278. The predicted molar refractivity (Wildman–Crippen MR) is 92.1 cm³/mol. The highest BCUT2D eigenvalue weighted by molar-refractivity contribution is 7.89. The second-order valence-electron chi connectivity index (χ2n) is 5.96. The Labute approximate surface area is 142 Å². The molecule has 0 bridgehead atoms. The molecule has 1 aliphatic rings. The van der Waals surface area contributed by atoms with Crippen LogP contribution in [0.5, 0.6) is 0 Å². The number of aryl methyl sites for hydroxylation is 1. The fourth-order valence-electron chi connectivity index (χ4n) is 3.12. The number of sulfonamides is 1. The summed E-state index contributed by atoms with van der Waals surface area (Å²) in [6.45, 7) is 3.02. The van der Waals surface area contributed by atoms with Gasteiger partial charge >= 0.3 is 0 Å². The first-order chi connectivity index (χ1) is 11.5. The average molecular weight is 341 g/mol. The van der Waals surface area contributed by atoms with Gasteiger partial charge in [-0.3, -0.25) is 0 Å². The predicted octanol–water partition coefficient (Wildman–Crippen LogP) is 1.90. The molecule has 0 radical (unpaired) electrons. The lowest BCUT2D eigenvalue weighted by Gasteiger charge is -2.21. The van der Waals surface area contributed by atoms with E-state index in [0.29, 0.717) is 12.1 Å². The largest absolute Gasteiger partial charge is 0.314 e. The second kappa shape index (κ2) is 6.73. The van der Waals surface area contributed by atoms with Gasteiger partial charge in [0, 0.05) is 25.0 Å². The molecule has 124 valence electrons. The number of hydrogen-bond acceptors (Lipinski definition) is 4. The van der Waals surface area contributed by atoms with Crippen LogP contribution in [0, 0.1) is 18.3 Å². The summed E-state index contributed by atoms with van der Waals surface area (Å²) in [5.74, 6) is 0.0660. The topological polar surface area (TPSA) is 82.0 Å². The van der Waals surface area contributed by atoms with Crippen LogP contribution in [0.4, 0.5) is 0 Å². The first-order valence-electron chi connectivity index (χ1n) is 7.80. The van der Waals surface area contributed by atoms with E-state index in [1.54, 1.807) is 19.1 Å². The Morgan fingerprint density at radius 2 is 1.88 bits per heavy atom. The quantitative estimate of drug-likeness (QED) is 0.890. The molecule has 0 spiro atoms. The van der Waals surface area contributed by atoms with Gasteiger partial charge in [0.15, 0.2) is 0 Å². The van der Waals surface area contributed by atoms with Gasteiger partial charge in [0.1, 0.15) is 11.0 Å². The molecule has 1 heterocycles. The fourth-order valence-corrected chi connectivity index (χ4v) is 4.63. The molecule has 2 N–H and O–H groups in total. The molecule has 1 saturated heterocycles. The van der Waals surface area contributed by atoms with E-state index in [1.807, 2.05) is 36.4 Å². The number of nitrogens with one attached hydrogen (secondary N) is 2. The van der Waals surface area contributed by atoms with Crippen molar-refractivity contribution in [3.8, 4) is 6.07 Å². The van der Waals surface area contributed by atoms with Gasteiger partial charge in [0.2, 0.25) is 10.0 Å². The Hall–Kier alpha value is -2.20. The van der Waals surface area contributed by atoms with Crippen LogP contribution in [-0.4, -0.2) is 27.5 Å². The molecule has 1 fully saturated rings. The normalized spacial score (nSPS) is 20.7. The van der Waals surface area contributed by atoms with Crippen molar-refractivity contribution in [1.29, 1.82) is 5.26 Å². The molecule has 6 heteroatoms. The first-order valence-corrected chi connectivity index (χ1v) is 9.29. The van der Waals surface area contributed by atoms with Gasteiger partial charge in [-0.05, 0) is 24.1 Å². The van der Waals surface area contributed by atoms with E-state index < -0.39 is 10.0 Å². The summed E-state index contributed by atoms with van der Waals surface area (Å²) >= 11 is 0. The minimum atomic E-state index is -3.76. The molecule has 0 aromatic heterocycles. The standard InChI is InChI=1S/C18H19N3O2S/c1-13-6-5-9-18(15(13)10-19)24(22,23)21-17-12-20-11-16(17)14-7-3-2-4-8-14/h2-9,16-17,20-21H,11-12H2,1H3/t16-,17+/m0/s1. The lowest BCUT2D eigenvalue weighted by atomic mass is 9.95. The summed E-state index contributed by atoms with van der Waals surface area (Å²) in [4.78, 5) is 0.0451. The highest BCUT2D eigenvalue weighted by atomic mass is 32.2. The van der Waals surface area contributed by atoms with Gasteiger partial charge in [0.25, 0.3) is 0 Å². The Balaban J connectivity index is 1.90. The van der Waals surface area contributed by atoms with Crippen molar-refractivity contribution in [3.05, 3.63) is 65.2 Å². The second-order valence-corrected chi connectivity index (χ2v) is 7.65. The number of benzene rings is 2. The zero-order valence-electron chi connectivity index (χ0n) is 13.4. The molecule has 0 amide bonds. The van der Waals surface area contributed by atoms with Crippen LogP contribution in [0.1, 0.15) is 22.6 Å². The van der Waals surface area contributed by atoms with Crippen LogP contribution in [0.3, 0.4) is 0 Å². The monoisotopic (exact) mass is 341 g/mol. The molecule has 5 nitrogen and oxygen atoms in total. The van der Waals surface area contributed by atoms with E-state index in [4.69, 9.17) is 0 Å². The molecule has 0 aliphatic carbocycles. The Morgan fingerprint density at radius 1 is 1.12 bits per heavy atom. The van der Waals surface area contributed by atoms with Crippen molar-refractivity contribution in [1.82, 2.24) is 10.0 Å². The molecule has 0 saturated carbocycles. The van der Waals surface area contributed by atoms with E-state index >= 15 is 0 Å². The summed E-state index contributed by atoms with van der Waals surface area (Å²) in [6, 6.07) is 16.5. The number of hydrogen-bond donors (Lipinski definition) is 2. The van der Waals surface area contributed by atoms with Gasteiger partial charge in [-0.2, -0.15) is 5.26 Å². The summed E-state index contributed by atoms with van der Waals surface area (Å²) in [5.41, 5.74) is 1.96. The SMILES string of the molecule is Cc1cccc(S(=O)(=O)N[C@@H]2CNC[C@H]2c2ccccc2)c1C#N. The summed E-state index contributed by atoms with van der Waals surface area (Å²) in [7, 11) is -3.76. The Kier molecular flexibility index (Phi) is 4.67. The van der Waals surface area contributed by atoms with Crippen LogP contribution in [0.15, 0.2) is 53.4 Å². The zero-order chi connectivity index (χ0) is 17.2. The van der Waals surface area contributed by atoms with Crippen LogP contribution < -0.4 is 10.0 Å². The van der Waals surface area contributed by atoms with Gasteiger partial charge in [-0.25, -0.2) is 13.1 Å². The van der Waals surface area contributed by atoms with E-state index in [2.05, 4.69) is 10.0 Å². The summed E-state index contributed by atoms with van der Waals surface area (Å²) < 4.78 is 28.4. The summed E-state index contributed by atoms with van der Waals surface area (Å²) in [5, 5.41) is 12.5. The molecule has 3 rings (SSSR count). The van der Waals surface area contributed by atoms with Crippen LogP contribution >= 0.6 is 0 Å². The number of nitrogens with zero attached hydrogens (tertiary/aromatic N) is 1. The average Bonchev–Trinajstić information content (AvgIpc) is 3.02. The van der Waals surface area contributed by atoms with Gasteiger partial charge < -0.3 is 5.32 Å². The smallest absolute Gasteiger partial charge is 0.242 e. The van der Waals surface area contributed by atoms with Gasteiger partial charge in [-0.1, -0.05) is 42.5 Å². The third-order valence-corrected chi connectivity index (χ3v) is 5.92. The zero-order valence-corrected chi connectivity index (χ0v) is 14.2. The Bertz CT molecular complexity index is 873. The molecule has 2 aromatic rings.